The lowest BCUT2D eigenvalue weighted by molar-refractivity contribution is 0.370. The molecule has 0 saturated carbocycles. The van der Waals surface area contributed by atoms with Crippen LogP contribution in [0, 0.1) is 45.3 Å². The summed E-state index contributed by atoms with van der Waals surface area (Å²) in [4.78, 5) is 0. The molecular weight excluding hydrogens is 681 g/mol. The molecule has 51 heavy (non-hydrogen) atoms. The van der Waals surface area contributed by atoms with Crippen LogP contribution in [0.25, 0.3) is 0 Å². The molecule has 0 unspecified atom stereocenters. The Hall–Kier alpha value is -3.00. The number of unbranched alkanes of at least 4 members (excludes halogenated alkanes) is 20. The predicted molar refractivity (Wildman–Crippen MR) is 203 cm³/mol. The third-order valence-corrected chi connectivity index (χ3v) is 14.4. The fourth-order valence-electron chi connectivity index (χ4n) is 6.20. The molecule has 0 aromatic heterocycles. The normalized spacial score (nSPS) is 11.7. The van der Waals surface area contributed by atoms with E-state index in [1.165, 1.54) is 8.61 Å². The van der Waals surface area contributed by atoms with Gasteiger partial charge < -0.3 is 0 Å². The summed E-state index contributed by atoms with van der Waals surface area (Å²) in [6.45, 7) is 0.942. The van der Waals surface area contributed by atoms with Gasteiger partial charge in [0.15, 0.2) is 0 Å². The lowest BCUT2D eigenvalue weighted by Gasteiger charge is -2.32. The molecule has 1 aromatic carbocycles. The number of benzene rings is 1. The van der Waals surface area contributed by atoms with Crippen molar-refractivity contribution in [3.05, 3.63) is 35.9 Å². The predicted octanol–water partition coefficient (Wildman–Crippen LogP) is 9.41. The van der Waals surface area contributed by atoms with E-state index < -0.39 is 24.6 Å². The van der Waals surface area contributed by atoms with Gasteiger partial charge in [-0.15, -0.1) is 0 Å². The van der Waals surface area contributed by atoms with Crippen LogP contribution in [-0.2, 0) is 20.0 Å². The fraction of sp³-hybridized carbons (Fsp3) is 0.744. The van der Waals surface area contributed by atoms with Gasteiger partial charge in [0, 0.05) is 51.9 Å². The summed E-state index contributed by atoms with van der Waals surface area (Å²) in [5, 5.41) is 35.3. The summed E-state index contributed by atoms with van der Waals surface area (Å²) in [5.41, 5.74) is 0.244. The summed E-state index contributed by atoms with van der Waals surface area (Å²) >= 11 is 0. The molecule has 1 aromatic rings. The van der Waals surface area contributed by atoms with Crippen LogP contribution in [0.3, 0.4) is 0 Å². The van der Waals surface area contributed by atoms with Crippen LogP contribution in [0.4, 0.5) is 0 Å². The molecule has 0 spiro atoms. The molecule has 0 bridgehead atoms. The van der Waals surface area contributed by atoms with Crippen molar-refractivity contribution in [3.63, 3.8) is 0 Å². The van der Waals surface area contributed by atoms with E-state index >= 15 is 0 Å². The van der Waals surface area contributed by atoms with Gasteiger partial charge in [-0.1, -0.05) is 107 Å². The first-order chi connectivity index (χ1) is 24.8. The quantitative estimate of drug-likeness (QED) is 0.0641. The standard InChI is InChI=1S/C39H62N6O4S2/c40-30-20-9-1-5-13-24-34-44(35-25-14-6-2-10-21-31-41)50(46,47)39(38-28-18-17-19-29-38)51(48,49)45(36-26-15-7-3-11-22-32-42)37-27-16-8-4-12-23-33-43/h17-19,28-29,39H,1-16,20-27,34-37H2. The van der Waals surface area contributed by atoms with E-state index in [1.807, 2.05) is 0 Å². The Labute approximate surface area is 310 Å². The van der Waals surface area contributed by atoms with Crippen LogP contribution in [0.1, 0.15) is 164 Å². The Morgan fingerprint density at radius 1 is 0.412 bits per heavy atom. The molecule has 0 aliphatic heterocycles. The first kappa shape index (κ1) is 46.0. The van der Waals surface area contributed by atoms with Crippen LogP contribution >= 0.6 is 0 Å². The maximum Gasteiger partial charge on any atom is 0.237 e. The number of nitriles is 4. The second-order valence-corrected chi connectivity index (χ2v) is 17.7. The number of hydrogen-bond donors (Lipinski definition) is 0. The lowest BCUT2D eigenvalue weighted by Crippen LogP contribution is -2.44. The van der Waals surface area contributed by atoms with E-state index in [-0.39, 0.29) is 31.7 Å². The van der Waals surface area contributed by atoms with Crippen molar-refractivity contribution in [1.82, 2.24) is 8.61 Å². The number of sulfonamides is 2. The zero-order valence-corrected chi connectivity index (χ0v) is 32.5. The Morgan fingerprint density at radius 2 is 0.667 bits per heavy atom. The molecule has 0 atom stereocenters. The van der Waals surface area contributed by atoms with E-state index in [0.29, 0.717) is 51.4 Å². The van der Waals surface area contributed by atoms with Gasteiger partial charge in [-0.05, 0) is 56.9 Å². The third kappa shape index (κ3) is 20.0. The first-order valence-electron chi connectivity index (χ1n) is 19.3. The van der Waals surface area contributed by atoms with Crippen LogP contribution < -0.4 is 0 Å². The fourth-order valence-corrected chi connectivity index (χ4v) is 11.2. The second-order valence-electron chi connectivity index (χ2n) is 13.3. The van der Waals surface area contributed by atoms with Crippen molar-refractivity contribution in [2.75, 3.05) is 26.2 Å². The zero-order valence-electron chi connectivity index (χ0n) is 30.9. The highest BCUT2D eigenvalue weighted by Gasteiger charge is 2.45. The SMILES string of the molecule is N#CCCCCCCCN(CCCCCCCC#N)S(=O)(=O)C(c1ccccc1)S(=O)(=O)N(CCCCCCCC#N)CCCCCCCC#N. The molecule has 0 heterocycles. The second kappa shape index (κ2) is 29.6. The maximum atomic E-state index is 14.7. The van der Waals surface area contributed by atoms with Crippen molar-refractivity contribution in [3.8, 4) is 24.3 Å². The van der Waals surface area contributed by atoms with Crippen LogP contribution in [-0.4, -0.2) is 51.6 Å². The highest BCUT2D eigenvalue weighted by molar-refractivity contribution is 8.06. The highest BCUT2D eigenvalue weighted by Crippen LogP contribution is 2.35. The van der Waals surface area contributed by atoms with E-state index in [1.54, 1.807) is 30.3 Å². The van der Waals surface area contributed by atoms with Gasteiger partial charge in [-0.3, -0.25) is 0 Å². The monoisotopic (exact) mass is 742 g/mol. The van der Waals surface area contributed by atoms with Gasteiger partial charge in [-0.25, -0.2) is 25.4 Å². The molecule has 0 N–H and O–H groups in total. The van der Waals surface area contributed by atoms with Crippen molar-refractivity contribution < 1.29 is 16.8 Å². The minimum atomic E-state index is -4.36. The van der Waals surface area contributed by atoms with Crippen molar-refractivity contribution in [2.45, 2.75) is 159 Å². The van der Waals surface area contributed by atoms with Gasteiger partial charge in [0.2, 0.25) is 24.6 Å². The molecular formula is C39H62N6O4S2. The number of hydrogen-bond acceptors (Lipinski definition) is 8. The van der Waals surface area contributed by atoms with E-state index in [2.05, 4.69) is 24.3 Å². The molecule has 1 rings (SSSR count). The zero-order chi connectivity index (χ0) is 37.5. The van der Waals surface area contributed by atoms with Gasteiger partial charge in [0.1, 0.15) is 0 Å². The van der Waals surface area contributed by atoms with Gasteiger partial charge >= 0.3 is 0 Å². The van der Waals surface area contributed by atoms with Crippen LogP contribution in [0.5, 0.6) is 0 Å². The smallest absolute Gasteiger partial charge is 0.210 e. The van der Waals surface area contributed by atoms with E-state index in [9.17, 15) is 16.8 Å². The van der Waals surface area contributed by atoms with E-state index in [4.69, 9.17) is 21.0 Å². The highest BCUT2D eigenvalue weighted by atomic mass is 32.3. The summed E-state index contributed by atoms with van der Waals surface area (Å²) < 4.78 is 60.0. The number of nitrogens with zero attached hydrogens (tertiary/aromatic N) is 6. The maximum absolute atomic E-state index is 14.7. The molecule has 10 nitrogen and oxygen atoms in total. The molecule has 0 saturated heterocycles. The lowest BCUT2D eigenvalue weighted by atomic mass is 10.1. The van der Waals surface area contributed by atoms with Gasteiger partial charge in [-0.2, -0.15) is 21.0 Å². The minimum Gasteiger partial charge on any atom is -0.210 e. The Bertz CT molecular complexity index is 1280. The van der Waals surface area contributed by atoms with Crippen molar-refractivity contribution in [1.29, 1.82) is 21.0 Å². The summed E-state index contributed by atoms with van der Waals surface area (Å²) in [6.07, 6.45) is 18.0. The Morgan fingerprint density at radius 3 is 0.941 bits per heavy atom. The Kier molecular flexibility index (Phi) is 26.7. The van der Waals surface area contributed by atoms with E-state index in [0.717, 1.165) is 103 Å². The third-order valence-electron chi connectivity index (χ3n) is 9.12. The molecule has 0 aliphatic carbocycles. The average molecular weight is 743 g/mol. The summed E-state index contributed by atoms with van der Waals surface area (Å²) in [5.74, 6) is 0. The first-order valence-corrected chi connectivity index (χ1v) is 22.3. The van der Waals surface area contributed by atoms with Gasteiger partial charge in [0.05, 0.1) is 24.3 Å². The Balaban J connectivity index is 3.32. The molecule has 12 heteroatoms. The van der Waals surface area contributed by atoms with Gasteiger partial charge in [0.25, 0.3) is 0 Å². The summed E-state index contributed by atoms with van der Waals surface area (Å²) in [7, 11) is -8.71. The summed E-state index contributed by atoms with van der Waals surface area (Å²) in [6, 6.07) is 17.0. The molecule has 0 amide bonds. The largest absolute Gasteiger partial charge is 0.237 e. The molecule has 0 aliphatic rings. The average Bonchev–Trinajstić information content (AvgIpc) is 3.11. The van der Waals surface area contributed by atoms with Crippen LogP contribution in [0.15, 0.2) is 30.3 Å². The topological polar surface area (TPSA) is 170 Å². The minimum absolute atomic E-state index is 0.235. The van der Waals surface area contributed by atoms with Crippen molar-refractivity contribution in [2.24, 2.45) is 0 Å². The van der Waals surface area contributed by atoms with Crippen molar-refractivity contribution >= 4 is 20.0 Å². The molecule has 284 valence electrons. The number of rotatable bonds is 33. The molecule has 0 radical (unpaired) electrons. The van der Waals surface area contributed by atoms with Crippen LogP contribution in [0.2, 0.25) is 0 Å². The molecule has 0 fully saturated rings.